The fourth-order valence-corrected chi connectivity index (χ4v) is 0.436. The summed E-state index contributed by atoms with van der Waals surface area (Å²) in [4.78, 5) is 9.82. The molecule has 0 aromatic carbocycles. The van der Waals surface area contributed by atoms with Gasteiger partial charge in [0.25, 0.3) is 0 Å². The molecule has 0 saturated carbocycles. The molecular formula is C4H4N2O4. The van der Waals surface area contributed by atoms with Crippen molar-refractivity contribution in [1.82, 2.24) is 10.2 Å². The number of rotatable bonds is 1. The Labute approximate surface area is 55.1 Å². The molecule has 0 fully saturated rings. The molecule has 0 aliphatic heterocycles. The molecule has 1 aromatic heterocycles. The van der Waals surface area contributed by atoms with Gasteiger partial charge in [-0.15, -0.1) is 5.10 Å². The van der Waals surface area contributed by atoms with Gasteiger partial charge in [0.15, 0.2) is 0 Å². The van der Waals surface area contributed by atoms with Gasteiger partial charge in [0.2, 0.25) is 11.8 Å². The Bertz CT molecular complexity index is 243. The molecule has 0 saturated heterocycles. The third-order valence-electron chi connectivity index (χ3n) is 0.733. The maximum Gasteiger partial charge on any atom is 0.512 e. The van der Waals surface area contributed by atoms with E-state index < -0.39 is 6.16 Å². The highest BCUT2D eigenvalue weighted by atomic mass is 16.7. The van der Waals surface area contributed by atoms with Crippen LogP contribution in [0.1, 0.15) is 0 Å². The largest absolute Gasteiger partial charge is 0.512 e. The van der Waals surface area contributed by atoms with E-state index in [2.05, 4.69) is 14.9 Å². The van der Waals surface area contributed by atoms with Crippen molar-refractivity contribution in [3.8, 4) is 11.8 Å². The molecule has 0 aliphatic carbocycles. The van der Waals surface area contributed by atoms with E-state index in [4.69, 9.17) is 10.2 Å². The molecule has 3 N–H and O–H groups in total. The minimum Gasteiger partial charge on any atom is -0.493 e. The molecule has 1 rings (SSSR count). The number of nitrogens with one attached hydrogen (secondary N) is 1. The van der Waals surface area contributed by atoms with Gasteiger partial charge >= 0.3 is 6.16 Å². The first-order chi connectivity index (χ1) is 4.68. The highest BCUT2D eigenvalue weighted by Crippen LogP contribution is 2.11. The van der Waals surface area contributed by atoms with Crippen LogP contribution in [0.2, 0.25) is 0 Å². The standard InChI is InChI=1S/C4H4N2O4/c7-2-1-3(6-5-2)10-4(8)9/h1H,(H,8,9)(H2,5,6,7). The average molecular weight is 144 g/mol. The number of hydrogen-bond donors (Lipinski definition) is 3. The number of aromatic hydroxyl groups is 1. The summed E-state index contributed by atoms with van der Waals surface area (Å²) < 4.78 is 4.05. The quantitative estimate of drug-likeness (QED) is 0.488. The number of nitrogens with zero attached hydrogens (tertiary/aromatic N) is 1. The number of carbonyl (C=O) groups is 1. The lowest BCUT2D eigenvalue weighted by Gasteiger charge is -1.88. The zero-order chi connectivity index (χ0) is 7.56. The molecule has 0 radical (unpaired) electrons. The van der Waals surface area contributed by atoms with Crippen LogP contribution in [0.3, 0.4) is 0 Å². The molecule has 1 aromatic rings. The van der Waals surface area contributed by atoms with Gasteiger partial charge in [-0.3, -0.25) is 0 Å². The lowest BCUT2D eigenvalue weighted by atomic mass is 10.7. The van der Waals surface area contributed by atoms with Crippen molar-refractivity contribution in [3.05, 3.63) is 6.07 Å². The summed E-state index contributed by atoms with van der Waals surface area (Å²) in [6.45, 7) is 0. The van der Waals surface area contributed by atoms with Crippen LogP contribution in [-0.2, 0) is 0 Å². The molecule has 0 unspecified atom stereocenters. The van der Waals surface area contributed by atoms with Crippen molar-refractivity contribution in [2.24, 2.45) is 0 Å². The third kappa shape index (κ3) is 1.38. The first-order valence-corrected chi connectivity index (χ1v) is 2.33. The highest BCUT2D eigenvalue weighted by molar-refractivity contribution is 5.60. The maximum atomic E-state index is 9.82. The summed E-state index contributed by atoms with van der Waals surface area (Å²) in [6.07, 6.45) is -1.47. The summed E-state index contributed by atoms with van der Waals surface area (Å²) in [6, 6.07) is 1.05. The van der Waals surface area contributed by atoms with Crippen molar-refractivity contribution in [1.29, 1.82) is 0 Å². The summed E-state index contributed by atoms with van der Waals surface area (Å²) in [7, 11) is 0. The molecule has 54 valence electrons. The Morgan fingerprint density at radius 1 is 1.80 bits per heavy atom. The maximum absolute atomic E-state index is 9.82. The SMILES string of the molecule is O=C(O)Oc1cc(O)[nH]n1. The van der Waals surface area contributed by atoms with E-state index in [0.29, 0.717) is 0 Å². The molecule has 0 aliphatic rings. The van der Waals surface area contributed by atoms with Gasteiger partial charge in [0, 0.05) is 0 Å². The lowest BCUT2D eigenvalue weighted by Crippen LogP contribution is -2.02. The Balaban J connectivity index is 2.67. The summed E-state index contributed by atoms with van der Waals surface area (Å²) in [5.74, 6) is -0.416. The van der Waals surface area contributed by atoms with E-state index in [-0.39, 0.29) is 11.8 Å². The van der Waals surface area contributed by atoms with E-state index in [0.717, 1.165) is 6.07 Å². The highest BCUT2D eigenvalue weighted by Gasteiger charge is 2.03. The van der Waals surface area contributed by atoms with Gasteiger partial charge in [-0.1, -0.05) is 0 Å². The van der Waals surface area contributed by atoms with Crippen LogP contribution in [0.15, 0.2) is 6.07 Å². The van der Waals surface area contributed by atoms with E-state index >= 15 is 0 Å². The fraction of sp³-hybridized carbons (Fsp3) is 0. The van der Waals surface area contributed by atoms with Crippen LogP contribution in [0.4, 0.5) is 4.79 Å². The molecule has 6 heteroatoms. The van der Waals surface area contributed by atoms with E-state index in [1.807, 2.05) is 0 Å². The second-order valence-corrected chi connectivity index (χ2v) is 1.46. The summed E-state index contributed by atoms with van der Waals surface area (Å²) in [5.41, 5.74) is 0. The zero-order valence-electron chi connectivity index (χ0n) is 4.74. The molecule has 0 spiro atoms. The van der Waals surface area contributed by atoms with Crippen LogP contribution in [0.5, 0.6) is 11.8 Å². The second-order valence-electron chi connectivity index (χ2n) is 1.46. The second kappa shape index (κ2) is 2.26. The van der Waals surface area contributed by atoms with Crippen molar-refractivity contribution in [2.75, 3.05) is 0 Å². The van der Waals surface area contributed by atoms with Crippen molar-refractivity contribution in [3.63, 3.8) is 0 Å². The van der Waals surface area contributed by atoms with Crippen LogP contribution in [0.25, 0.3) is 0 Å². The Kier molecular flexibility index (Phi) is 1.44. The smallest absolute Gasteiger partial charge is 0.493 e. The van der Waals surface area contributed by atoms with Crippen LogP contribution in [0, 0.1) is 0 Å². The zero-order valence-corrected chi connectivity index (χ0v) is 4.74. The van der Waals surface area contributed by atoms with Crippen molar-refractivity contribution >= 4 is 6.16 Å². The Morgan fingerprint density at radius 2 is 2.50 bits per heavy atom. The molecule has 0 bridgehead atoms. The molecule has 0 atom stereocenters. The van der Waals surface area contributed by atoms with Gasteiger partial charge in [0.05, 0.1) is 6.07 Å². The van der Waals surface area contributed by atoms with Gasteiger partial charge in [-0.25, -0.2) is 9.89 Å². The predicted molar refractivity (Wildman–Crippen MR) is 28.9 cm³/mol. The number of aromatic nitrogens is 2. The number of H-pyrrole nitrogens is 1. The normalized spacial score (nSPS) is 9.20. The van der Waals surface area contributed by atoms with Gasteiger partial charge < -0.3 is 14.9 Å². The van der Waals surface area contributed by atoms with Gasteiger partial charge in [0.1, 0.15) is 0 Å². The predicted octanol–water partition coefficient (Wildman–Crippen LogP) is 0.172. The molecule has 0 amide bonds. The van der Waals surface area contributed by atoms with Crippen molar-refractivity contribution < 1.29 is 19.7 Å². The molecule has 10 heavy (non-hydrogen) atoms. The first kappa shape index (κ1) is 6.40. The van der Waals surface area contributed by atoms with Gasteiger partial charge in [-0.2, -0.15) is 0 Å². The molecular weight excluding hydrogens is 140 g/mol. The number of carboxylic acid groups (broad SMARTS) is 1. The average Bonchev–Trinajstić information content (AvgIpc) is 2.13. The summed E-state index contributed by atoms with van der Waals surface area (Å²) in [5, 5.41) is 22.0. The Morgan fingerprint density at radius 3 is 2.90 bits per heavy atom. The fourth-order valence-electron chi connectivity index (χ4n) is 0.436. The van der Waals surface area contributed by atoms with Crippen molar-refractivity contribution in [2.45, 2.75) is 0 Å². The minimum atomic E-state index is -1.47. The number of aromatic amines is 1. The first-order valence-electron chi connectivity index (χ1n) is 2.33. The van der Waals surface area contributed by atoms with Crippen LogP contribution < -0.4 is 4.74 Å². The molecule has 1 heterocycles. The van der Waals surface area contributed by atoms with Gasteiger partial charge in [-0.05, 0) is 0 Å². The number of hydrogen-bond acceptors (Lipinski definition) is 4. The van der Waals surface area contributed by atoms with Crippen LogP contribution in [-0.4, -0.2) is 26.6 Å². The monoisotopic (exact) mass is 144 g/mol. The Hall–Kier alpha value is -1.72. The van der Waals surface area contributed by atoms with E-state index in [9.17, 15) is 4.79 Å². The van der Waals surface area contributed by atoms with E-state index in [1.54, 1.807) is 0 Å². The minimum absolute atomic E-state index is 0.176. The van der Waals surface area contributed by atoms with Crippen LogP contribution >= 0.6 is 0 Å². The number of ether oxygens (including phenoxy) is 1. The third-order valence-corrected chi connectivity index (χ3v) is 0.733. The summed E-state index contributed by atoms with van der Waals surface area (Å²) >= 11 is 0. The molecule has 6 nitrogen and oxygen atoms in total. The topological polar surface area (TPSA) is 95.4 Å². The lowest BCUT2D eigenvalue weighted by molar-refractivity contribution is 0.142. The van der Waals surface area contributed by atoms with E-state index in [1.165, 1.54) is 0 Å².